The Bertz CT molecular complexity index is 1380. The Balaban J connectivity index is 1.36. The minimum absolute atomic E-state index is 0.230. The standard InChI is InChI=1S/C30H35N3O6/c1-35-22-10-9-11-23(20-22)39-17-8-7-16-33-25-13-6-5-12-24(25)32-28(33)14-15-31-30(34)21-18-26(36-2)29(38-4)27(19-21)37-3/h5-6,9-13,18-20H,7-8,14-17H2,1-4H3,(H,31,34). The van der Waals surface area contributed by atoms with Gasteiger partial charge in [-0.05, 0) is 49.2 Å². The molecule has 0 aliphatic heterocycles. The van der Waals surface area contributed by atoms with Crippen molar-refractivity contribution in [3.63, 3.8) is 0 Å². The fourth-order valence-corrected chi connectivity index (χ4v) is 4.42. The van der Waals surface area contributed by atoms with Gasteiger partial charge in [0.2, 0.25) is 5.75 Å². The largest absolute Gasteiger partial charge is 0.497 e. The van der Waals surface area contributed by atoms with E-state index in [0.29, 0.717) is 42.4 Å². The van der Waals surface area contributed by atoms with Crippen molar-refractivity contribution < 1.29 is 28.5 Å². The maximum atomic E-state index is 12.9. The predicted molar refractivity (Wildman–Crippen MR) is 150 cm³/mol. The Kier molecular flexibility index (Phi) is 9.50. The fraction of sp³-hybridized carbons (Fsp3) is 0.333. The minimum Gasteiger partial charge on any atom is -0.497 e. The number of ether oxygens (including phenoxy) is 5. The van der Waals surface area contributed by atoms with E-state index in [-0.39, 0.29) is 5.91 Å². The first-order valence-corrected chi connectivity index (χ1v) is 12.9. The van der Waals surface area contributed by atoms with Crippen LogP contribution in [0.4, 0.5) is 0 Å². The normalized spacial score (nSPS) is 10.8. The van der Waals surface area contributed by atoms with Crippen LogP contribution in [0, 0.1) is 0 Å². The number of aromatic nitrogens is 2. The predicted octanol–water partition coefficient (Wildman–Crippen LogP) is 4.90. The van der Waals surface area contributed by atoms with Crippen LogP contribution in [0.3, 0.4) is 0 Å². The average Bonchev–Trinajstić information content (AvgIpc) is 3.33. The smallest absolute Gasteiger partial charge is 0.251 e. The van der Waals surface area contributed by atoms with E-state index in [0.717, 1.165) is 47.7 Å². The minimum atomic E-state index is -0.230. The summed E-state index contributed by atoms with van der Waals surface area (Å²) in [4.78, 5) is 17.8. The maximum absolute atomic E-state index is 12.9. The number of nitrogens with one attached hydrogen (secondary N) is 1. The van der Waals surface area contributed by atoms with Crippen LogP contribution in [0.25, 0.3) is 11.0 Å². The molecule has 0 aliphatic carbocycles. The molecule has 0 saturated carbocycles. The molecule has 0 atom stereocenters. The van der Waals surface area contributed by atoms with Gasteiger partial charge in [0.05, 0.1) is 46.1 Å². The van der Waals surface area contributed by atoms with Gasteiger partial charge in [-0.1, -0.05) is 18.2 Å². The molecule has 0 radical (unpaired) electrons. The number of fused-ring (bicyclic) bond motifs is 1. The van der Waals surface area contributed by atoms with Crippen LogP contribution in [-0.4, -0.2) is 57.0 Å². The number of imidazole rings is 1. The zero-order chi connectivity index (χ0) is 27.6. The van der Waals surface area contributed by atoms with Gasteiger partial charge in [0.25, 0.3) is 5.91 Å². The SMILES string of the molecule is COc1cccc(OCCCCn2c(CCNC(=O)c3cc(OC)c(OC)c(OC)c3)nc3ccccc32)c1. The van der Waals surface area contributed by atoms with Gasteiger partial charge in [-0.25, -0.2) is 4.98 Å². The number of unbranched alkanes of at least 4 members (excludes halogenated alkanes) is 1. The van der Waals surface area contributed by atoms with Crippen molar-refractivity contribution in [2.24, 2.45) is 0 Å². The number of benzene rings is 3. The van der Waals surface area contributed by atoms with E-state index in [1.54, 1.807) is 19.2 Å². The number of para-hydroxylation sites is 2. The summed E-state index contributed by atoms with van der Waals surface area (Å²) >= 11 is 0. The van der Waals surface area contributed by atoms with Crippen molar-refractivity contribution in [3.05, 3.63) is 72.1 Å². The van der Waals surface area contributed by atoms with Crippen LogP contribution in [0.5, 0.6) is 28.7 Å². The number of hydrogen-bond donors (Lipinski definition) is 1. The Morgan fingerprint density at radius 1 is 0.846 bits per heavy atom. The zero-order valence-electron chi connectivity index (χ0n) is 22.9. The second kappa shape index (κ2) is 13.4. The van der Waals surface area contributed by atoms with Gasteiger partial charge < -0.3 is 33.6 Å². The summed E-state index contributed by atoms with van der Waals surface area (Å²) in [5.41, 5.74) is 2.45. The van der Waals surface area contributed by atoms with Crippen LogP contribution < -0.4 is 29.0 Å². The molecule has 0 spiro atoms. The number of methoxy groups -OCH3 is 4. The van der Waals surface area contributed by atoms with Crippen LogP contribution >= 0.6 is 0 Å². The molecule has 0 bridgehead atoms. The van der Waals surface area contributed by atoms with Crippen molar-refractivity contribution in [3.8, 4) is 28.7 Å². The molecule has 4 aromatic rings. The van der Waals surface area contributed by atoms with Crippen LogP contribution in [0.2, 0.25) is 0 Å². The first-order chi connectivity index (χ1) is 19.1. The molecule has 9 nitrogen and oxygen atoms in total. The monoisotopic (exact) mass is 533 g/mol. The third kappa shape index (κ3) is 6.73. The van der Waals surface area contributed by atoms with Gasteiger partial charge in [-0.3, -0.25) is 4.79 Å². The molecule has 0 unspecified atom stereocenters. The third-order valence-electron chi connectivity index (χ3n) is 6.38. The van der Waals surface area contributed by atoms with Crippen molar-refractivity contribution in [2.45, 2.75) is 25.8 Å². The highest BCUT2D eigenvalue weighted by molar-refractivity contribution is 5.95. The number of aryl methyl sites for hydroxylation is 1. The lowest BCUT2D eigenvalue weighted by molar-refractivity contribution is 0.0953. The summed E-state index contributed by atoms with van der Waals surface area (Å²) in [5.74, 6) is 3.57. The molecule has 1 heterocycles. The molecular weight excluding hydrogens is 498 g/mol. The van der Waals surface area contributed by atoms with Crippen LogP contribution in [0.1, 0.15) is 29.0 Å². The highest BCUT2D eigenvalue weighted by Gasteiger charge is 2.17. The van der Waals surface area contributed by atoms with Gasteiger partial charge in [0.1, 0.15) is 17.3 Å². The van der Waals surface area contributed by atoms with Gasteiger partial charge in [0.15, 0.2) is 11.5 Å². The fourth-order valence-electron chi connectivity index (χ4n) is 4.42. The van der Waals surface area contributed by atoms with Crippen molar-refractivity contribution in [1.82, 2.24) is 14.9 Å². The number of carbonyl (C=O) groups is 1. The maximum Gasteiger partial charge on any atom is 0.251 e. The highest BCUT2D eigenvalue weighted by atomic mass is 16.5. The summed E-state index contributed by atoms with van der Waals surface area (Å²) < 4.78 is 29.5. The molecule has 206 valence electrons. The van der Waals surface area contributed by atoms with E-state index in [4.69, 9.17) is 28.7 Å². The Morgan fingerprint density at radius 2 is 1.59 bits per heavy atom. The van der Waals surface area contributed by atoms with Gasteiger partial charge in [-0.2, -0.15) is 0 Å². The van der Waals surface area contributed by atoms with Gasteiger partial charge in [0, 0.05) is 31.1 Å². The summed E-state index contributed by atoms with van der Waals surface area (Å²) in [6.45, 7) is 1.84. The van der Waals surface area contributed by atoms with Crippen LogP contribution in [-0.2, 0) is 13.0 Å². The molecular formula is C30H35N3O6. The van der Waals surface area contributed by atoms with E-state index in [2.05, 4.69) is 16.0 Å². The number of carbonyl (C=O) groups excluding carboxylic acids is 1. The summed E-state index contributed by atoms with van der Waals surface area (Å²) in [5, 5.41) is 2.99. The third-order valence-corrected chi connectivity index (χ3v) is 6.38. The second-order valence-corrected chi connectivity index (χ2v) is 8.82. The first kappa shape index (κ1) is 27.6. The molecule has 9 heteroatoms. The summed E-state index contributed by atoms with van der Waals surface area (Å²) in [6.07, 6.45) is 2.40. The highest BCUT2D eigenvalue weighted by Crippen LogP contribution is 2.38. The lowest BCUT2D eigenvalue weighted by atomic mass is 10.1. The Morgan fingerprint density at radius 3 is 2.31 bits per heavy atom. The number of amides is 1. The van der Waals surface area contributed by atoms with Gasteiger partial charge in [-0.15, -0.1) is 0 Å². The Labute approximate surface area is 228 Å². The van der Waals surface area contributed by atoms with Crippen LogP contribution in [0.15, 0.2) is 60.7 Å². The molecule has 0 fully saturated rings. The van der Waals surface area contributed by atoms with E-state index < -0.39 is 0 Å². The lowest BCUT2D eigenvalue weighted by Gasteiger charge is -2.14. The van der Waals surface area contributed by atoms with E-state index in [9.17, 15) is 4.79 Å². The quantitative estimate of drug-likeness (QED) is 0.230. The molecule has 0 saturated heterocycles. The molecule has 4 rings (SSSR count). The molecule has 39 heavy (non-hydrogen) atoms. The number of nitrogens with zero attached hydrogens (tertiary/aromatic N) is 2. The summed E-state index contributed by atoms with van der Waals surface area (Å²) in [6, 6.07) is 19.0. The molecule has 1 N–H and O–H groups in total. The lowest BCUT2D eigenvalue weighted by Crippen LogP contribution is -2.26. The molecule has 1 amide bonds. The number of hydrogen-bond acceptors (Lipinski definition) is 7. The molecule has 1 aromatic heterocycles. The van der Waals surface area contributed by atoms with Gasteiger partial charge >= 0.3 is 0 Å². The number of rotatable bonds is 14. The molecule has 3 aromatic carbocycles. The summed E-state index contributed by atoms with van der Waals surface area (Å²) in [7, 11) is 6.22. The van der Waals surface area contributed by atoms with Crippen molar-refractivity contribution in [2.75, 3.05) is 41.6 Å². The van der Waals surface area contributed by atoms with E-state index in [1.165, 1.54) is 21.3 Å². The second-order valence-electron chi connectivity index (χ2n) is 8.82. The topological polar surface area (TPSA) is 93.1 Å². The van der Waals surface area contributed by atoms with E-state index >= 15 is 0 Å². The Hall–Kier alpha value is -4.40. The van der Waals surface area contributed by atoms with Crippen molar-refractivity contribution >= 4 is 16.9 Å². The first-order valence-electron chi connectivity index (χ1n) is 12.9. The van der Waals surface area contributed by atoms with Crippen molar-refractivity contribution in [1.29, 1.82) is 0 Å². The van der Waals surface area contributed by atoms with E-state index in [1.807, 2.05) is 42.5 Å². The molecule has 0 aliphatic rings. The average molecular weight is 534 g/mol. The zero-order valence-corrected chi connectivity index (χ0v) is 22.9.